The molecule has 4 rings (SSSR count). The zero-order chi connectivity index (χ0) is 20.9. The summed E-state index contributed by atoms with van der Waals surface area (Å²) in [6.07, 6.45) is 5.74. The molecule has 1 saturated heterocycles. The number of anilines is 2. The van der Waals surface area contributed by atoms with E-state index in [-0.39, 0.29) is 5.57 Å². The number of nitrogens with two attached hydrogens (primary N) is 1. The number of hydrogen-bond donors (Lipinski definition) is 3. The van der Waals surface area contributed by atoms with Crippen molar-refractivity contribution < 1.29 is 9.53 Å². The molecule has 1 saturated carbocycles. The number of aliphatic imine (C=N–C) groups is 1. The first-order valence-electron chi connectivity index (χ1n) is 10.7. The zero-order valence-electron chi connectivity index (χ0n) is 17.1. The molecule has 0 unspecified atom stereocenters. The molecule has 0 bridgehead atoms. The van der Waals surface area contributed by atoms with Gasteiger partial charge >= 0.3 is 5.97 Å². The Morgan fingerprint density at radius 2 is 2.03 bits per heavy atom. The normalized spacial score (nSPS) is 21.0. The summed E-state index contributed by atoms with van der Waals surface area (Å²) in [6, 6.07) is 7.45. The fourth-order valence-electron chi connectivity index (χ4n) is 4.21. The summed E-state index contributed by atoms with van der Waals surface area (Å²) in [6.45, 7) is 3.47. The molecule has 3 aliphatic rings. The molecule has 0 amide bonds. The topological polar surface area (TPSA) is 116 Å². The number of ether oxygens (including phenoxy) is 1. The lowest BCUT2D eigenvalue weighted by Crippen LogP contribution is -2.48. The fraction of sp³-hybridized carbons (Fsp3) is 0.500. The van der Waals surface area contributed by atoms with Crippen LogP contribution in [0.1, 0.15) is 32.1 Å². The maximum absolute atomic E-state index is 12.9. The van der Waals surface area contributed by atoms with Crippen LogP contribution >= 0.6 is 0 Å². The highest BCUT2D eigenvalue weighted by molar-refractivity contribution is 6.12. The number of nitrogen functional groups attached to an aromatic ring is 1. The van der Waals surface area contributed by atoms with E-state index in [2.05, 4.69) is 21.6 Å². The van der Waals surface area contributed by atoms with Crippen molar-refractivity contribution in [2.24, 2.45) is 10.9 Å². The van der Waals surface area contributed by atoms with Crippen molar-refractivity contribution in [1.29, 1.82) is 5.26 Å². The molecule has 1 aromatic rings. The summed E-state index contributed by atoms with van der Waals surface area (Å²) >= 11 is 0. The van der Waals surface area contributed by atoms with E-state index >= 15 is 0 Å². The average molecular weight is 409 g/mol. The van der Waals surface area contributed by atoms with E-state index in [1.165, 1.54) is 19.3 Å². The van der Waals surface area contributed by atoms with Gasteiger partial charge in [0.25, 0.3) is 0 Å². The first-order valence-corrected chi connectivity index (χ1v) is 10.7. The van der Waals surface area contributed by atoms with Gasteiger partial charge in [-0.25, -0.2) is 9.79 Å². The summed E-state index contributed by atoms with van der Waals surface area (Å²) in [5, 5.41) is 16.4. The number of carbonyl (C=O) groups is 1. The lowest BCUT2D eigenvalue weighted by molar-refractivity contribution is -0.140. The van der Waals surface area contributed by atoms with Gasteiger partial charge in [0.05, 0.1) is 18.0 Å². The second-order valence-electron chi connectivity index (χ2n) is 8.04. The highest BCUT2D eigenvalue weighted by atomic mass is 16.5. The monoisotopic (exact) mass is 408 g/mol. The van der Waals surface area contributed by atoms with E-state index in [1.54, 1.807) is 12.1 Å². The number of rotatable bonds is 3. The SMILES string of the molecule is N#CC(C(=O)OCC1CCCCC1)=C1Nc2cc(N)ccc2N=C1N1CCNCC1. The second-order valence-corrected chi connectivity index (χ2v) is 8.04. The molecule has 1 aliphatic carbocycles. The molecule has 0 spiro atoms. The van der Waals surface area contributed by atoms with Crippen LogP contribution in [-0.2, 0) is 9.53 Å². The van der Waals surface area contributed by atoms with Crippen LogP contribution in [0.4, 0.5) is 17.1 Å². The van der Waals surface area contributed by atoms with E-state index < -0.39 is 5.97 Å². The number of hydrogen-bond acceptors (Lipinski definition) is 8. The summed E-state index contributed by atoms with van der Waals surface area (Å²) in [4.78, 5) is 19.7. The van der Waals surface area contributed by atoms with Crippen molar-refractivity contribution in [2.45, 2.75) is 32.1 Å². The van der Waals surface area contributed by atoms with Gasteiger partial charge < -0.3 is 26.0 Å². The number of nitrogens with zero attached hydrogens (tertiary/aromatic N) is 3. The van der Waals surface area contributed by atoms with Gasteiger partial charge in [0.2, 0.25) is 0 Å². The van der Waals surface area contributed by atoms with Crippen LogP contribution in [-0.4, -0.2) is 49.5 Å². The summed E-state index contributed by atoms with van der Waals surface area (Å²) in [7, 11) is 0. The van der Waals surface area contributed by atoms with Crippen molar-refractivity contribution in [1.82, 2.24) is 10.2 Å². The molecule has 30 heavy (non-hydrogen) atoms. The smallest absolute Gasteiger partial charge is 0.351 e. The largest absolute Gasteiger partial charge is 0.461 e. The van der Waals surface area contributed by atoms with Crippen LogP contribution in [0.15, 0.2) is 34.5 Å². The highest BCUT2D eigenvalue weighted by Gasteiger charge is 2.30. The first-order chi connectivity index (χ1) is 14.7. The van der Waals surface area contributed by atoms with Crippen LogP contribution < -0.4 is 16.4 Å². The Bertz CT molecular complexity index is 905. The summed E-state index contributed by atoms with van der Waals surface area (Å²) < 4.78 is 5.57. The lowest BCUT2D eigenvalue weighted by atomic mass is 9.90. The zero-order valence-corrected chi connectivity index (χ0v) is 17.1. The van der Waals surface area contributed by atoms with Crippen LogP contribution in [0.2, 0.25) is 0 Å². The molecule has 2 fully saturated rings. The Morgan fingerprint density at radius 1 is 1.27 bits per heavy atom. The molecule has 2 heterocycles. The highest BCUT2D eigenvalue weighted by Crippen LogP contribution is 2.34. The molecule has 8 heteroatoms. The number of fused-ring (bicyclic) bond motifs is 1. The van der Waals surface area contributed by atoms with Gasteiger partial charge in [0.1, 0.15) is 11.8 Å². The number of carbonyl (C=O) groups excluding carboxylic acids is 1. The number of benzene rings is 1. The third-order valence-corrected chi connectivity index (χ3v) is 5.89. The van der Waals surface area contributed by atoms with Gasteiger partial charge in [-0.05, 0) is 37.0 Å². The van der Waals surface area contributed by atoms with Crippen molar-refractivity contribution in [3.8, 4) is 6.07 Å². The van der Waals surface area contributed by atoms with Crippen molar-refractivity contribution in [3.63, 3.8) is 0 Å². The minimum Gasteiger partial charge on any atom is -0.461 e. The number of nitriles is 1. The second kappa shape index (κ2) is 9.18. The molecule has 2 aliphatic heterocycles. The molecular formula is C22H28N6O2. The maximum atomic E-state index is 12.9. The van der Waals surface area contributed by atoms with Gasteiger partial charge in [-0.3, -0.25) is 0 Å². The first kappa shape index (κ1) is 20.2. The lowest BCUT2D eigenvalue weighted by Gasteiger charge is -2.34. The standard InChI is InChI=1S/C22H28N6O2/c23-13-17(22(29)30-14-15-4-2-1-3-5-15)20-21(28-10-8-25-9-11-28)27-18-7-6-16(24)12-19(18)26-20/h6-7,12,15,25-26H,1-5,8-11,14,24H2. The predicted molar refractivity (Wildman–Crippen MR) is 116 cm³/mol. The quantitative estimate of drug-likeness (QED) is 0.305. The Morgan fingerprint density at radius 3 is 2.77 bits per heavy atom. The van der Waals surface area contributed by atoms with Gasteiger partial charge in [-0.15, -0.1) is 0 Å². The van der Waals surface area contributed by atoms with Gasteiger partial charge in [0.15, 0.2) is 11.4 Å². The molecule has 0 radical (unpaired) electrons. The Hall–Kier alpha value is -3.05. The van der Waals surface area contributed by atoms with Crippen LogP contribution in [0.5, 0.6) is 0 Å². The third kappa shape index (κ3) is 4.41. The summed E-state index contributed by atoms with van der Waals surface area (Å²) in [5.74, 6) is 0.384. The van der Waals surface area contributed by atoms with E-state index in [0.29, 0.717) is 35.4 Å². The van der Waals surface area contributed by atoms with E-state index in [4.69, 9.17) is 15.5 Å². The number of esters is 1. The van der Waals surface area contributed by atoms with Gasteiger partial charge in [-0.1, -0.05) is 19.3 Å². The minimum absolute atomic E-state index is 0.0452. The van der Waals surface area contributed by atoms with Crippen molar-refractivity contribution in [2.75, 3.05) is 43.8 Å². The van der Waals surface area contributed by atoms with Gasteiger partial charge in [0, 0.05) is 31.9 Å². The van der Waals surface area contributed by atoms with E-state index in [1.807, 2.05) is 6.07 Å². The Balaban J connectivity index is 1.63. The Labute approximate surface area is 176 Å². The minimum atomic E-state index is -0.597. The molecule has 4 N–H and O–H groups in total. The molecule has 0 aromatic heterocycles. The van der Waals surface area contributed by atoms with Crippen molar-refractivity contribution in [3.05, 3.63) is 29.5 Å². The van der Waals surface area contributed by atoms with Crippen LogP contribution in [0, 0.1) is 17.2 Å². The Kier molecular flexibility index (Phi) is 6.19. The number of amidine groups is 1. The molecule has 158 valence electrons. The van der Waals surface area contributed by atoms with Crippen LogP contribution in [0.3, 0.4) is 0 Å². The third-order valence-electron chi connectivity index (χ3n) is 5.89. The fourth-order valence-corrected chi connectivity index (χ4v) is 4.21. The van der Waals surface area contributed by atoms with E-state index in [9.17, 15) is 10.1 Å². The average Bonchev–Trinajstić information content (AvgIpc) is 2.79. The molecule has 8 nitrogen and oxygen atoms in total. The molecular weight excluding hydrogens is 380 g/mol. The predicted octanol–water partition coefficient (Wildman–Crippen LogP) is 2.53. The van der Waals surface area contributed by atoms with Crippen LogP contribution in [0.25, 0.3) is 0 Å². The number of nitrogens with one attached hydrogen (secondary N) is 2. The maximum Gasteiger partial charge on any atom is 0.351 e. The molecule has 1 aromatic carbocycles. The number of piperazine rings is 1. The summed E-state index contributed by atoms with van der Waals surface area (Å²) in [5.41, 5.74) is 8.26. The van der Waals surface area contributed by atoms with Gasteiger partial charge in [-0.2, -0.15) is 5.26 Å². The molecule has 0 atom stereocenters. The van der Waals surface area contributed by atoms with Crippen molar-refractivity contribution >= 4 is 28.9 Å². The van der Waals surface area contributed by atoms with E-state index in [0.717, 1.165) is 44.7 Å².